The molecule has 0 aliphatic rings. The van der Waals surface area contributed by atoms with Crippen LogP contribution in [0.3, 0.4) is 0 Å². The molecule has 1 rings (SSSR count). The zero-order chi connectivity index (χ0) is 17.1. The van der Waals surface area contributed by atoms with Gasteiger partial charge in [0.05, 0.1) is 0 Å². The van der Waals surface area contributed by atoms with Crippen LogP contribution >= 0.6 is 23.5 Å². The van der Waals surface area contributed by atoms with Crippen LogP contribution in [0.15, 0.2) is 47.4 Å². The van der Waals surface area contributed by atoms with Crippen LogP contribution in [-0.4, -0.2) is 17.3 Å². The topological polar surface area (TPSA) is 0 Å². The molecule has 0 amide bonds. The highest BCUT2D eigenvalue weighted by Gasteiger charge is 1.93. The van der Waals surface area contributed by atoms with Crippen LogP contribution in [0.5, 0.6) is 0 Å². The third-order valence-corrected chi connectivity index (χ3v) is 6.08. The van der Waals surface area contributed by atoms with Crippen LogP contribution < -0.4 is 0 Å². The lowest BCUT2D eigenvalue weighted by molar-refractivity contribution is 0.563. The maximum atomic E-state index is 2.33. The third kappa shape index (κ3) is 14.0. The van der Waals surface area contributed by atoms with Gasteiger partial charge in [0, 0.05) is 16.4 Å². The van der Waals surface area contributed by atoms with Gasteiger partial charge in [-0.05, 0) is 24.3 Å². The maximum absolute atomic E-state index is 2.33. The molecular weight excluding hydrogens is 328 g/mol. The molecule has 2 heteroatoms. The minimum atomic E-state index is 1.09. The highest BCUT2D eigenvalue weighted by atomic mass is 32.2. The fourth-order valence-corrected chi connectivity index (χ4v) is 4.26. The molecule has 0 heterocycles. The van der Waals surface area contributed by atoms with E-state index in [9.17, 15) is 0 Å². The molecule has 0 saturated carbocycles. The van der Waals surface area contributed by atoms with Crippen LogP contribution in [0.4, 0.5) is 0 Å². The van der Waals surface area contributed by atoms with Gasteiger partial charge in [0.1, 0.15) is 0 Å². The van der Waals surface area contributed by atoms with Crippen molar-refractivity contribution < 1.29 is 0 Å². The van der Waals surface area contributed by atoms with Crippen molar-refractivity contribution >= 4 is 23.5 Å². The second kappa shape index (κ2) is 17.5. The van der Waals surface area contributed by atoms with Crippen LogP contribution in [-0.2, 0) is 0 Å². The molecule has 0 aliphatic heterocycles. The van der Waals surface area contributed by atoms with E-state index in [0.717, 1.165) is 5.75 Å². The molecule has 0 N–H and O–H groups in total. The average Bonchev–Trinajstić information content (AvgIpc) is 2.62. The van der Waals surface area contributed by atoms with Crippen molar-refractivity contribution in [3.63, 3.8) is 0 Å². The van der Waals surface area contributed by atoms with E-state index in [2.05, 4.69) is 61.2 Å². The molecule has 0 radical (unpaired) electrons. The van der Waals surface area contributed by atoms with Gasteiger partial charge in [-0.2, -0.15) is 11.8 Å². The summed E-state index contributed by atoms with van der Waals surface area (Å²) >= 11 is 3.99. The molecule has 24 heavy (non-hydrogen) atoms. The zero-order valence-corrected chi connectivity index (χ0v) is 17.2. The predicted molar refractivity (Wildman–Crippen MR) is 115 cm³/mol. The highest BCUT2D eigenvalue weighted by Crippen LogP contribution is 2.17. The van der Waals surface area contributed by atoms with E-state index in [-0.39, 0.29) is 0 Å². The number of benzene rings is 1. The lowest BCUT2D eigenvalue weighted by Crippen LogP contribution is -1.84. The van der Waals surface area contributed by atoms with E-state index in [1.807, 2.05) is 11.8 Å². The van der Waals surface area contributed by atoms with Gasteiger partial charge in [-0.3, -0.25) is 0 Å². The summed E-state index contributed by atoms with van der Waals surface area (Å²) in [6, 6.07) is 10.6. The molecule has 0 spiro atoms. The summed E-state index contributed by atoms with van der Waals surface area (Å²) in [5, 5.41) is 0. The summed E-state index contributed by atoms with van der Waals surface area (Å²) in [5.74, 6) is 3.59. The predicted octanol–water partition coefficient (Wildman–Crippen LogP) is 7.99. The standard InChI is InChI=1S/C22H36S2/c1-2-3-4-5-6-7-8-9-10-14-19-23-20-15-16-21-24-22-17-12-11-13-18-22/h11-13,15-18H,2-10,14,19-21H2,1H3/b16-15+. The van der Waals surface area contributed by atoms with E-state index in [1.54, 1.807) is 0 Å². The smallest absolute Gasteiger partial charge is 0.0161 e. The van der Waals surface area contributed by atoms with Crippen LogP contribution in [0.2, 0.25) is 0 Å². The molecule has 0 fully saturated rings. The van der Waals surface area contributed by atoms with Crippen molar-refractivity contribution in [2.45, 2.75) is 76.0 Å². The first kappa shape index (κ1) is 21.7. The molecule has 0 atom stereocenters. The summed E-state index contributed by atoms with van der Waals surface area (Å²) in [6.45, 7) is 2.29. The van der Waals surface area contributed by atoms with Crippen molar-refractivity contribution in [2.75, 3.05) is 17.3 Å². The van der Waals surface area contributed by atoms with E-state index in [4.69, 9.17) is 0 Å². The fourth-order valence-electron chi connectivity index (χ4n) is 2.64. The normalized spacial score (nSPS) is 11.4. The van der Waals surface area contributed by atoms with Crippen LogP contribution in [0.1, 0.15) is 71.1 Å². The summed E-state index contributed by atoms with van der Waals surface area (Å²) in [7, 11) is 0. The van der Waals surface area contributed by atoms with E-state index < -0.39 is 0 Å². The van der Waals surface area contributed by atoms with Gasteiger partial charge < -0.3 is 0 Å². The Morgan fingerprint density at radius 3 is 1.96 bits per heavy atom. The molecule has 0 unspecified atom stereocenters. The van der Waals surface area contributed by atoms with Gasteiger partial charge in [-0.15, -0.1) is 11.8 Å². The minimum absolute atomic E-state index is 1.09. The minimum Gasteiger partial charge on any atom is -0.158 e. The summed E-state index contributed by atoms with van der Waals surface area (Å²) in [6.07, 6.45) is 19.0. The SMILES string of the molecule is CCCCCCCCCCCCSC/C=C/CSc1ccccc1. The van der Waals surface area contributed by atoms with E-state index in [0.29, 0.717) is 0 Å². The molecule has 1 aromatic rings. The molecule has 0 aliphatic carbocycles. The maximum Gasteiger partial charge on any atom is 0.0161 e. The Morgan fingerprint density at radius 2 is 1.29 bits per heavy atom. The Balaban J connectivity index is 1.76. The van der Waals surface area contributed by atoms with Crippen LogP contribution in [0.25, 0.3) is 0 Å². The molecule has 1 aromatic carbocycles. The Hall–Kier alpha value is -0.340. The van der Waals surface area contributed by atoms with Crippen molar-refractivity contribution in [1.82, 2.24) is 0 Å². The van der Waals surface area contributed by atoms with E-state index in [1.165, 1.54) is 80.6 Å². The number of hydrogen-bond acceptors (Lipinski definition) is 2. The third-order valence-electron chi connectivity index (χ3n) is 4.11. The van der Waals surface area contributed by atoms with Crippen molar-refractivity contribution in [2.24, 2.45) is 0 Å². The zero-order valence-electron chi connectivity index (χ0n) is 15.6. The summed E-state index contributed by atoms with van der Waals surface area (Å²) in [5.41, 5.74) is 0. The van der Waals surface area contributed by atoms with Gasteiger partial charge in [0.15, 0.2) is 0 Å². The first-order valence-electron chi connectivity index (χ1n) is 9.84. The fraction of sp³-hybridized carbons (Fsp3) is 0.636. The first-order chi connectivity index (χ1) is 11.9. The molecule has 136 valence electrons. The quantitative estimate of drug-likeness (QED) is 0.166. The van der Waals surface area contributed by atoms with Crippen molar-refractivity contribution in [1.29, 1.82) is 0 Å². The summed E-state index contributed by atoms with van der Waals surface area (Å²) in [4.78, 5) is 1.36. The average molecular weight is 365 g/mol. The Labute approximate surface area is 159 Å². The first-order valence-corrected chi connectivity index (χ1v) is 12.0. The highest BCUT2D eigenvalue weighted by molar-refractivity contribution is 7.99. The van der Waals surface area contributed by atoms with Gasteiger partial charge >= 0.3 is 0 Å². The molecular formula is C22H36S2. The lowest BCUT2D eigenvalue weighted by Gasteiger charge is -2.02. The Kier molecular flexibility index (Phi) is 15.8. The van der Waals surface area contributed by atoms with Gasteiger partial charge in [-0.25, -0.2) is 0 Å². The number of thioether (sulfide) groups is 2. The number of hydrogen-bond donors (Lipinski definition) is 0. The molecule has 0 bridgehead atoms. The Bertz CT molecular complexity index is 386. The number of rotatable bonds is 16. The summed E-state index contributed by atoms with van der Waals surface area (Å²) < 4.78 is 0. The number of unbranched alkanes of at least 4 members (excludes halogenated alkanes) is 9. The Morgan fingerprint density at radius 1 is 0.708 bits per heavy atom. The molecule has 0 aromatic heterocycles. The molecule has 0 saturated heterocycles. The van der Waals surface area contributed by atoms with E-state index >= 15 is 0 Å². The van der Waals surface area contributed by atoms with Crippen molar-refractivity contribution in [3.8, 4) is 0 Å². The largest absolute Gasteiger partial charge is 0.158 e. The van der Waals surface area contributed by atoms with Gasteiger partial charge in [-0.1, -0.05) is 95.1 Å². The van der Waals surface area contributed by atoms with Gasteiger partial charge in [0.2, 0.25) is 0 Å². The lowest BCUT2D eigenvalue weighted by atomic mass is 10.1. The molecule has 0 nitrogen and oxygen atoms in total. The van der Waals surface area contributed by atoms with Crippen molar-refractivity contribution in [3.05, 3.63) is 42.5 Å². The van der Waals surface area contributed by atoms with Crippen LogP contribution in [0, 0.1) is 0 Å². The monoisotopic (exact) mass is 364 g/mol. The second-order valence-corrected chi connectivity index (χ2v) is 8.60. The van der Waals surface area contributed by atoms with Gasteiger partial charge in [0.25, 0.3) is 0 Å². The second-order valence-electron chi connectivity index (χ2n) is 6.35.